The molecule has 0 bridgehead atoms. The normalized spacial score (nSPS) is 14.4. The molecule has 0 aliphatic heterocycles. The lowest BCUT2D eigenvalue weighted by Gasteiger charge is -2.08. The molecule has 1 N–H and O–H groups in total. The van der Waals surface area contributed by atoms with Gasteiger partial charge in [0.15, 0.2) is 0 Å². The highest BCUT2D eigenvalue weighted by molar-refractivity contribution is 9.10. The maximum absolute atomic E-state index is 6.17. The molecule has 112 valence electrons. The molecule has 0 spiro atoms. The van der Waals surface area contributed by atoms with Crippen LogP contribution in [0.1, 0.15) is 28.2 Å². The Morgan fingerprint density at radius 3 is 2.90 bits per heavy atom. The Kier molecular flexibility index (Phi) is 4.89. The van der Waals surface area contributed by atoms with Gasteiger partial charge in [-0.3, -0.25) is 0 Å². The van der Waals surface area contributed by atoms with Crippen molar-refractivity contribution in [1.29, 1.82) is 0 Å². The molecule has 21 heavy (non-hydrogen) atoms. The van der Waals surface area contributed by atoms with Gasteiger partial charge in [0.1, 0.15) is 12.4 Å². The van der Waals surface area contributed by atoms with Crippen molar-refractivity contribution >= 4 is 38.9 Å². The standard InChI is InChI=1S/C16H17BrClNOS/c1-10-11(6-14(21-10)8-19-13-3-4-13)9-20-16-5-2-12(17)7-15(16)18/h2,5-7,13,19H,3-4,8-9H2,1H3. The Morgan fingerprint density at radius 2 is 2.19 bits per heavy atom. The van der Waals surface area contributed by atoms with E-state index in [9.17, 15) is 0 Å². The number of aryl methyl sites for hydroxylation is 1. The molecule has 1 aliphatic carbocycles. The Hall–Kier alpha value is -0.550. The zero-order valence-electron chi connectivity index (χ0n) is 11.8. The molecule has 1 aromatic heterocycles. The summed E-state index contributed by atoms with van der Waals surface area (Å²) in [7, 11) is 0. The summed E-state index contributed by atoms with van der Waals surface area (Å²) < 4.78 is 6.80. The van der Waals surface area contributed by atoms with E-state index in [1.165, 1.54) is 28.2 Å². The summed E-state index contributed by atoms with van der Waals surface area (Å²) in [5.74, 6) is 0.725. The van der Waals surface area contributed by atoms with Crippen LogP contribution in [0.4, 0.5) is 0 Å². The van der Waals surface area contributed by atoms with E-state index in [1.807, 2.05) is 29.5 Å². The SMILES string of the molecule is Cc1sc(CNC2CC2)cc1COc1ccc(Br)cc1Cl. The molecule has 0 unspecified atom stereocenters. The van der Waals surface area contributed by atoms with Crippen LogP contribution in [0.25, 0.3) is 0 Å². The van der Waals surface area contributed by atoms with E-state index >= 15 is 0 Å². The number of thiophene rings is 1. The fourth-order valence-corrected chi connectivity index (χ4v) is 3.83. The minimum absolute atomic E-state index is 0.563. The van der Waals surface area contributed by atoms with Crippen LogP contribution in [-0.4, -0.2) is 6.04 Å². The molecule has 1 aliphatic rings. The average Bonchev–Trinajstić information content (AvgIpc) is 3.20. The second-order valence-corrected chi connectivity index (χ2v) is 7.98. The fraction of sp³-hybridized carbons (Fsp3) is 0.375. The maximum Gasteiger partial charge on any atom is 0.138 e. The van der Waals surface area contributed by atoms with Crippen molar-refractivity contribution in [3.8, 4) is 5.75 Å². The van der Waals surface area contributed by atoms with Gasteiger partial charge in [0, 0.05) is 32.4 Å². The van der Waals surface area contributed by atoms with E-state index in [0.29, 0.717) is 11.6 Å². The molecule has 0 saturated heterocycles. The van der Waals surface area contributed by atoms with E-state index in [2.05, 4.69) is 34.2 Å². The molecule has 2 aromatic rings. The third kappa shape index (κ3) is 4.22. The van der Waals surface area contributed by atoms with Gasteiger partial charge >= 0.3 is 0 Å². The third-order valence-corrected chi connectivity index (χ3v) is 5.37. The summed E-state index contributed by atoms with van der Waals surface area (Å²) >= 11 is 11.4. The minimum atomic E-state index is 0.563. The van der Waals surface area contributed by atoms with Gasteiger partial charge in [-0.1, -0.05) is 27.5 Å². The summed E-state index contributed by atoms with van der Waals surface area (Å²) in [6.45, 7) is 3.68. The zero-order chi connectivity index (χ0) is 14.8. The van der Waals surface area contributed by atoms with Crippen LogP contribution in [0, 0.1) is 6.92 Å². The van der Waals surface area contributed by atoms with E-state index in [0.717, 1.165) is 22.8 Å². The lowest BCUT2D eigenvalue weighted by molar-refractivity contribution is 0.306. The van der Waals surface area contributed by atoms with Crippen molar-refractivity contribution in [2.75, 3.05) is 0 Å². The number of ether oxygens (including phenoxy) is 1. The van der Waals surface area contributed by atoms with Crippen LogP contribution < -0.4 is 10.1 Å². The summed E-state index contributed by atoms with van der Waals surface area (Å²) in [5, 5.41) is 4.18. The highest BCUT2D eigenvalue weighted by atomic mass is 79.9. The zero-order valence-corrected chi connectivity index (χ0v) is 14.9. The van der Waals surface area contributed by atoms with E-state index in [-0.39, 0.29) is 0 Å². The Bertz CT molecular complexity index is 639. The van der Waals surface area contributed by atoms with Crippen molar-refractivity contribution in [3.05, 3.63) is 49.1 Å². The van der Waals surface area contributed by atoms with Gasteiger partial charge < -0.3 is 10.1 Å². The van der Waals surface area contributed by atoms with Crippen LogP contribution in [0.2, 0.25) is 5.02 Å². The van der Waals surface area contributed by atoms with Crippen LogP contribution in [0.3, 0.4) is 0 Å². The van der Waals surface area contributed by atoms with Crippen LogP contribution in [-0.2, 0) is 13.2 Å². The molecule has 5 heteroatoms. The Balaban J connectivity index is 1.61. The number of nitrogens with one attached hydrogen (secondary N) is 1. The van der Waals surface area contributed by atoms with Crippen molar-refractivity contribution < 1.29 is 4.74 Å². The first-order chi connectivity index (χ1) is 10.1. The lowest BCUT2D eigenvalue weighted by Crippen LogP contribution is -2.14. The van der Waals surface area contributed by atoms with Crippen LogP contribution in [0.15, 0.2) is 28.7 Å². The van der Waals surface area contributed by atoms with Gasteiger partial charge in [-0.2, -0.15) is 0 Å². The molecule has 0 amide bonds. The van der Waals surface area contributed by atoms with Gasteiger partial charge in [-0.25, -0.2) is 0 Å². The average molecular weight is 387 g/mol. The quantitative estimate of drug-likeness (QED) is 0.727. The van der Waals surface area contributed by atoms with Crippen molar-refractivity contribution in [2.24, 2.45) is 0 Å². The Morgan fingerprint density at radius 1 is 1.38 bits per heavy atom. The summed E-state index contributed by atoms with van der Waals surface area (Å²) in [5.41, 5.74) is 1.24. The van der Waals surface area contributed by atoms with Gasteiger partial charge in [0.2, 0.25) is 0 Å². The molecule has 0 radical (unpaired) electrons. The van der Waals surface area contributed by atoms with Gasteiger partial charge in [0.05, 0.1) is 5.02 Å². The van der Waals surface area contributed by atoms with Gasteiger partial charge in [-0.05, 0) is 44.0 Å². The van der Waals surface area contributed by atoms with E-state index < -0.39 is 0 Å². The highest BCUT2D eigenvalue weighted by Crippen LogP contribution is 2.30. The predicted octanol–water partition coefficient (Wildman–Crippen LogP) is 5.30. The van der Waals surface area contributed by atoms with Crippen molar-refractivity contribution in [3.63, 3.8) is 0 Å². The molecular formula is C16H17BrClNOS. The molecule has 1 fully saturated rings. The lowest BCUT2D eigenvalue weighted by atomic mass is 10.2. The summed E-state index contributed by atoms with van der Waals surface area (Å²) in [6.07, 6.45) is 2.64. The Labute approximate surface area is 142 Å². The minimum Gasteiger partial charge on any atom is -0.487 e. The smallest absolute Gasteiger partial charge is 0.138 e. The summed E-state index contributed by atoms with van der Waals surface area (Å²) in [4.78, 5) is 2.69. The van der Waals surface area contributed by atoms with E-state index in [1.54, 1.807) is 0 Å². The number of benzene rings is 1. The summed E-state index contributed by atoms with van der Waals surface area (Å²) in [6, 6.07) is 8.66. The number of hydrogen-bond acceptors (Lipinski definition) is 3. The molecule has 1 heterocycles. The van der Waals surface area contributed by atoms with Crippen LogP contribution in [0.5, 0.6) is 5.75 Å². The van der Waals surface area contributed by atoms with Crippen molar-refractivity contribution in [1.82, 2.24) is 5.32 Å². The molecule has 1 saturated carbocycles. The first-order valence-electron chi connectivity index (χ1n) is 7.01. The van der Waals surface area contributed by atoms with E-state index in [4.69, 9.17) is 16.3 Å². The molecule has 1 aromatic carbocycles. The second kappa shape index (κ2) is 6.69. The molecule has 2 nitrogen and oxygen atoms in total. The topological polar surface area (TPSA) is 21.3 Å². The van der Waals surface area contributed by atoms with Gasteiger partial charge in [-0.15, -0.1) is 11.3 Å². The van der Waals surface area contributed by atoms with Crippen molar-refractivity contribution in [2.45, 2.75) is 39.0 Å². The monoisotopic (exact) mass is 385 g/mol. The number of hydrogen-bond donors (Lipinski definition) is 1. The number of rotatable bonds is 6. The molecule has 0 atom stereocenters. The number of halogens is 2. The van der Waals surface area contributed by atoms with Crippen LogP contribution >= 0.6 is 38.9 Å². The second-order valence-electron chi connectivity index (χ2n) is 5.31. The molecule has 3 rings (SSSR count). The largest absolute Gasteiger partial charge is 0.487 e. The predicted molar refractivity (Wildman–Crippen MR) is 92.4 cm³/mol. The fourth-order valence-electron chi connectivity index (χ4n) is 2.10. The molecular weight excluding hydrogens is 370 g/mol. The third-order valence-electron chi connectivity index (χ3n) is 3.49. The highest BCUT2D eigenvalue weighted by Gasteiger charge is 2.20. The first kappa shape index (κ1) is 15.3. The van der Waals surface area contributed by atoms with Gasteiger partial charge in [0.25, 0.3) is 0 Å². The first-order valence-corrected chi connectivity index (χ1v) is 9.00. The maximum atomic E-state index is 6.17.